The van der Waals surface area contributed by atoms with Gasteiger partial charge in [0.2, 0.25) is 5.91 Å². The van der Waals surface area contributed by atoms with E-state index in [9.17, 15) is 4.79 Å². The SMILES string of the molecule is Cc1cc(Br)ccc1SCC(=O)N1CCN(c2ccccc2)CC1. The number of benzene rings is 2. The van der Waals surface area contributed by atoms with Crippen LogP contribution in [0.25, 0.3) is 0 Å². The van der Waals surface area contributed by atoms with Crippen molar-refractivity contribution in [2.75, 3.05) is 36.8 Å². The number of carbonyl (C=O) groups excluding carboxylic acids is 1. The van der Waals surface area contributed by atoms with Crippen molar-refractivity contribution >= 4 is 39.3 Å². The molecule has 3 nitrogen and oxygen atoms in total. The van der Waals surface area contributed by atoms with E-state index in [-0.39, 0.29) is 5.91 Å². The number of thioether (sulfide) groups is 1. The Bertz CT molecular complexity index is 700. The summed E-state index contributed by atoms with van der Waals surface area (Å²) < 4.78 is 1.08. The van der Waals surface area contributed by atoms with E-state index in [1.165, 1.54) is 16.1 Å². The molecule has 0 unspecified atom stereocenters. The van der Waals surface area contributed by atoms with Crippen molar-refractivity contribution in [3.8, 4) is 0 Å². The molecule has 0 spiro atoms. The smallest absolute Gasteiger partial charge is 0.233 e. The molecule has 2 aromatic rings. The van der Waals surface area contributed by atoms with Crippen LogP contribution in [0.4, 0.5) is 5.69 Å². The predicted octanol–water partition coefficient (Wildman–Crippen LogP) is 4.20. The molecule has 0 saturated carbocycles. The van der Waals surface area contributed by atoms with Crippen LogP contribution >= 0.6 is 27.7 Å². The molecule has 1 amide bonds. The predicted molar refractivity (Wildman–Crippen MR) is 105 cm³/mol. The topological polar surface area (TPSA) is 23.6 Å². The second-order valence-corrected chi connectivity index (χ2v) is 7.83. The lowest BCUT2D eigenvalue weighted by Gasteiger charge is -2.36. The molecule has 24 heavy (non-hydrogen) atoms. The molecule has 0 atom stereocenters. The van der Waals surface area contributed by atoms with E-state index in [1.54, 1.807) is 11.8 Å². The van der Waals surface area contributed by atoms with Crippen LogP contribution in [0.3, 0.4) is 0 Å². The molecule has 126 valence electrons. The number of aryl methyl sites for hydroxylation is 1. The first-order valence-electron chi connectivity index (χ1n) is 8.10. The van der Waals surface area contributed by atoms with Gasteiger partial charge in [0.15, 0.2) is 0 Å². The Morgan fingerprint density at radius 1 is 1.08 bits per heavy atom. The van der Waals surface area contributed by atoms with Crippen LogP contribution < -0.4 is 4.90 Å². The van der Waals surface area contributed by atoms with Gasteiger partial charge in [-0.2, -0.15) is 0 Å². The van der Waals surface area contributed by atoms with Gasteiger partial charge in [-0.15, -0.1) is 11.8 Å². The van der Waals surface area contributed by atoms with Crippen LogP contribution in [0.2, 0.25) is 0 Å². The molecule has 1 aliphatic heterocycles. The maximum atomic E-state index is 12.5. The number of halogens is 1. The van der Waals surface area contributed by atoms with Crippen molar-refractivity contribution in [3.63, 3.8) is 0 Å². The van der Waals surface area contributed by atoms with Gasteiger partial charge in [-0.05, 0) is 42.8 Å². The summed E-state index contributed by atoms with van der Waals surface area (Å²) in [6.45, 7) is 5.48. The number of hydrogen-bond donors (Lipinski definition) is 0. The van der Waals surface area contributed by atoms with E-state index >= 15 is 0 Å². The van der Waals surface area contributed by atoms with E-state index in [1.807, 2.05) is 17.0 Å². The average molecular weight is 405 g/mol. The van der Waals surface area contributed by atoms with Crippen LogP contribution in [-0.4, -0.2) is 42.7 Å². The van der Waals surface area contributed by atoms with Crippen molar-refractivity contribution in [3.05, 3.63) is 58.6 Å². The Balaban J connectivity index is 1.50. The summed E-state index contributed by atoms with van der Waals surface area (Å²) in [4.78, 5) is 18.0. The quantitative estimate of drug-likeness (QED) is 0.713. The van der Waals surface area contributed by atoms with Crippen molar-refractivity contribution in [2.24, 2.45) is 0 Å². The number of carbonyl (C=O) groups is 1. The number of para-hydroxylation sites is 1. The largest absolute Gasteiger partial charge is 0.368 e. The van der Waals surface area contributed by atoms with Crippen LogP contribution in [-0.2, 0) is 4.79 Å². The summed E-state index contributed by atoms with van der Waals surface area (Å²) in [5.41, 5.74) is 2.44. The van der Waals surface area contributed by atoms with Crippen molar-refractivity contribution in [1.82, 2.24) is 4.90 Å². The normalized spacial score (nSPS) is 14.8. The minimum absolute atomic E-state index is 0.232. The van der Waals surface area contributed by atoms with Gasteiger partial charge in [-0.3, -0.25) is 4.79 Å². The maximum Gasteiger partial charge on any atom is 0.233 e. The van der Waals surface area contributed by atoms with Gasteiger partial charge in [0.05, 0.1) is 5.75 Å². The van der Waals surface area contributed by atoms with Gasteiger partial charge in [0.1, 0.15) is 0 Å². The molecule has 3 rings (SSSR count). The molecule has 0 aromatic heterocycles. The molecule has 0 N–H and O–H groups in total. The zero-order valence-electron chi connectivity index (χ0n) is 13.7. The van der Waals surface area contributed by atoms with Crippen molar-refractivity contribution < 1.29 is 4.79 Å². The lowest BCUT2D eigenvalue weighted by Crippen LogP contribution is -2.49. The highest BCUT2D eigenvalue weighted by atomic mass is 79.9. The summed E-state index contributed by atoms with van der Waals surface area (Å²) in [6.07, 6.45) is 0. The zero-order valence-corrected chi connectivity index (χ0v) is 16.1. The summed E-state index contributed by atoms with van der Waals surface area (Å²) >= 11 is 5.10. The lowest BCUT2D eigenvalue weighted by molar-refractivity contribution is -0.128. The van der Waals surface area contributed by atoms with Gasteiger partial charge >= 0.3 is 0 Å². The van der Waals surface area contributed by atoms with Crippen LogP contribution in [0, 0.1) is 6.92 Å². The Morgan fingerprint density at radius 3 is 2.46 bits per heavy atom. The fourth-order valence-electron chi connectivity index (χ4n) is 2.86. The molecular formula is C19H21BrN2OS. The summed E-state index contributed by atoms with van der Waals surface area (Å²) in [5, 5.41) is 0. The number of rotatable bonds is 4. The molecule has 2 aromatic carbocycles. The Kier molecular flexibility index (Phi) is 5.85. The summed E-state index contributed by atoms with van der Waals surface area (Å²) in [5.74, 6) is 0.739. The number of amides is 1. The Labute approximate surface area is 156 Å². The third kappa shape index (κ3) is 4.33. The van der Waals surface area contributed by atoms with E-state index in [0.29, 0.717) is 5.75 Å². The Hall–Kier alpha value is -1.46. The molecule has 1 heterocycles. The van der Waals surface area contributed by atoms with E-state index in [0.717, 1.165) is 30.7 Å². The highest BCUT2D eigenvalue weighted by Crippen LogP contribution is 2.26. The number of anilines is 1. The molecule has 0 radical (unpaired) electrons. The number of hydrogen-bond acceptors (Lipinski definition) is 3. The average Bonchev–Trinajstić information content (AvgIpc) is 2.62. The van der Waals surface area contributed by atoms with E-state index < -0.39 is 0 Å². The maximum absolute atomic E-state index is 12.5. The molecule has 1 saturated heterocycles. The number of piperazine rings is 1. The minimum atomic E-state index is 0.232. The monoisotopic (exact) mass is 404 g/mol. The van der Waals surface area contributed by atoms with Gasteiger partial charge in [0, 0.05) is 41.2 Å². The zero-order chi connectivity index (χ0) is 16.9. The van der Waals surface area contributed by atoms with E-state index in [2.05, 4.69) is 64.2 Å². The molecule has 1 fully saturated rings. The van der Waals surface area contributed by atoms with Crippen LogP contribution in [0.1, 0.15) is 5.56 Å². The molecule has 1 aliphatic rings. The van der Waals surface area contributed by atoms with Crippen molar-refractivity contribution in [2.45, 2.75) is 11.8 Å². The van der Waals surface area contributed by atoms with Crippen LogP contribution in [0.15, 0.2) is 57.9 Å². The third-order valence-corrected chi connectivity index (χ3v) is 5.90. The second kappa shape index (κ2) is 8.08. The highest BCUT2D eigenvalue weighted by Gasteiger charge is 2.21. The first-order valence-corrected chi connectivity index (χ1v) is 9.88. The molecule has 0 aliphatic carbocycles. The van der Waals surface area contributed by atoms with Gasteiger partial charge in [-0.1, -0.05) is 34.1 Å². The standard InChI is InChI=1S/C19H21BrN2OS/c1-15-13-16(20)7-8-18(15)24-14-19(23)22-11-9-21(10-12-22)17-5-3-2-4-6-17/h2-8,13H,9-12,14H2,1H3. The Morgan fingerprint density at radius 2 is 1.79 bits per heavy atom. The fraction of sp³-hybridized carbons (Fsp3) is 0.316. The summed E-state index contributed by atoms with van der Waals surface area (Å²) in [7, 11) is 0. The third-order valence-electron chi connectivity index (χ3n) is 4.24. The van der Waals surface area contributed by atoms with Gasteiger partial charge < -0.3 is 9.80 Å². The van der Waals surface area contributed by atoms with Crippen molar-refractivity contribution in [1.29, 1.82) is 0 Å². The highest BCUT2D eigenvalue weighted by molar-refractivity contribution is 9.10. The summed E-state index contributed by atoms with van der Waals surface area (Å²) in [6, 6.07) is 16.6. The second-order valence-electron chi connectivity index (χ2n) is 5.90. The number of nitrogens with zero attached hydrogens (tertiary/aromatic N) is 2. The first-order chi connectivity index (χ1) is 11.6. The van der Waals surface area contributed by atoms with E-state index in [4.69, 9.17) is 0 Å². The molecule has 5 heteroatoms. The lowest BCUT2D eigenvalue weighted by atomic mass is 10.2. The van der Waals surface area contributed by atoms with Gasteiger partial charge in [-0.25, -0.2) is 0 Å². The minimum Gasteiger partial charge on any atom is -0.368 e. The first kappa shape index (κ1) is 17.4. The molecular weight excluding hydrogens is 384 g/mol. The molecule has 0 bridgehead atoms. The van der Waals surface area contributed by atoms with Crippen LogP contribution in [0.5, 0.6) is 0 Å². The van der Waals surface area contributed by atoms with Gasteiger partial charge in [0.25, 0.3) is 0 Å². The fourth-order valence-corrected chi connectivity index (χ4v) is 4.25.